The van der Waals surface area contributed by atoms with Crippen LogP contribution in [0.4, 0.5) is 0 Å². The average molecular weight is 588 g/mol. The quantitative estimate of drug-likeness (QED) is 0.0507. The second kappa shape index (κ2) is 16.7. The van der Waals surface area contributed by atoms with Crippen molar-refractivity contribution < 1.29 is 29.4 Å². The number of nitrogens with two attached hydrogens (primary N) is 3. The molecular weight excluding hydrogens is 550 g/mol. The smallest absolute Gasteiger partial charge is 0.326 e. The maximum Gasteiger partial charge on any atom is 0.326 e. The number of carboxylic acids is 1. The Kier molecular flexibility index (Phi) is 13.4. The molecule has 0 heterocycles. The molecule has 0 unspecified atom stereocenters. The number of hydrogen-bond acceptors (Lipinski definition) is 8. The van der Waals surface area contributed by atoms with E-state index < -0.39 is 47.9 Å². The van der Waals surface area contributed by atoms with Crippen LogP contribution in [0, 0.1) is 0 Å². The lowest BCUT2D eigenvalue weighted by molar-refractivity contribution is -0.142. The SMILES string of the molecule is NC(N)=NCCC[C@H](NC(=O)[C@H](CS)NC(=O)[C@H](Cc1ccc(O)cc1)NC(=O)[C@@H](N)Cc1ccccc1)C(=O)O. The molecular formula is C27H37N7O6S. The van der Waals surface area contributed by atoms with Crippen LogP contribution in [0.15, 0.2) is 59.6 Å². The summed E-state index contributed by atoms with van der Waals surface area (Å²) in [6.45, 7) is 0.180. The molecule has 0 radical (unpaired) electrons. The van der Waals surface area contributed by atoms with Crippen LogP contribution in [0.2, 0.25) is 0 Å². The minimum absolute atomic E-state index is 0.0271. The van der Waals surface area contributed by atoms with Crippen molar-refractivity contribution in [2.75, 3.05) is 12.3 Å². The first-order valence-corrected chi connectivity index (χ1v) is 13.5. The number of amides is 3. The number of rotatable bonds is 16. The van der Waals surface area contributed by atoms with Crippen LogP contribution in [0.1, 0.15) is 24.0 Å². The number of phenolic OH excluding ortho intramolecular Hbond substituents is 1. The molecule has 14 heteroatoms. The maximum atomic E-state index is 13.3. The first kappa shape index (κ1) is 32.9. The van der Waals surface area contributed by atoms with E-state index in [-0.39, 0.29) is 49.7 Å². The molecule has 41 heavy (non-hydrogen) atoms. The molecule has 4 atom stereocenters. The van der Waals surface area contributed by atoms with Crippen molar-refractivity contribution in [1.29, 1.82) is 0 Å². The van der Waals surface area contributed by atoms with Gasteiger partial charge in [0.2, 0.25) is 17.7 Å². The highest BCUT2D eigenvalue weighted by molar-refractivity contribution is 7.80. The first-order valence-electron chi connectivity index (χ1n) is 12.9. The lowest BCUT2D eigenvalue weighted by Crippen LogP contribution is -2.58. The predicted octanol–water partition coefficient (Wildman–Crippen LogP) is -0.973. The van der Waals surface area contributed by atoms with Crippen LogP contribution in [0.5, 0.6) is 5.75 Å². The molecule has 0 bridgehead atoms. The minimum Gasteiger partial charge on any atom is -0.508 e. The summed E-state index contributed by atoms with van der Waals surface area (Å²) in [6, 6.07) is 10.7. The molecule has 0 spiro atoms. The molecule has 2 aromatic rings. The van der Waals surface area contributed by atoms with Crippen molar-refractivity contribution in [1.82, 2.24) is 16.0 Å². The number of carbonyl (C=O) groups is 4. The largest absolute Gasteiger partial charge is 0.508 e. The van der Waals surface area contributed by atoms with E-state index >= 15 is 0 Å². The summed E-state index contributed by atoms with van der Waals surface area (Å²) < 4.78 is 0. The second-order valence-electron chi connectivity index (χ2n) is 9.32. The standard InChI is InChI=1S/C27H37N7O6S/c28-19(13-16-5-2-1-3-6-16)23(36)33-21(14-17-8-10-18(35)11-9-17)24(37)34-22(15-41)25(38)32-20(26(39)40)7-4-12-31-27(29)30/h1-3,5-6,8-11,19-22,35,41H,4,7,12-15,28H2,(H,32,38)(H,33,36)(H,34,37)(H,39,40)(H4,29,30,31)/t19-,20-,21-,22-/m0/s1. The zero-order valence-electron chi connectivity index (χ0n) is 22.4. The van der Waals surface area contributed by atoms with Gasteiger partial charge in [0.1, 0.15) is 23.9 Å². The van der Waals surface area contributed by atoms with Gasteiger partial charge in [0, 0.05) is 18.7 Å². The normalized spacial score (nSPS) is 13.6. The monoisotopic (exact) mass is 587 g/mol. The molecule has 0 aliphatic carbocycles. The Balaban J connectivity index is 2.12. The second-order valence-corrected chi connectivity index (χ2v) is 9.69. The van der Waals surface area contributed by atoms with Crippen molar-refractivity contribution in [2.24, 2.45) is 22.2 Å². The molecule has 13 nitrogen and oxygen atoms in total. The Labute approximate surface area is 243 Å². The van der Waals surface area contributed by atoms with Gasteiger partial charge in [0.15, 0.2) is 5.96 Å². The van der Waals surface area contributed by atoms with Gasteiger partial charge in [-0.3, -0.25) is 19.4 Å². The molecule has 0 fully saturated rings. The third kappa shape index (κ3) is 11.8. The number of aromatic hydroxyl groups is 1. The molecule has 0 saturated heterocycles. The molecule has 0 aliphatic rings. The summed E-state index contributed by atoms with van der Waals surface area (Å²) in [4.78, 5) is 54.6. The Bertz CT molecular complexity index is 1190. The number of carbonyl (C=O) groups excluding carboxylic acids is 3. The average Bonchev–Trinajstić information content (AvgIpc) is 2.94. The molecule has 222 valence electrons. The fourth-order valence-electron chi connectivity index (χ4n) is 3.82. The van der Waals surface area contributed by atoms with Crippen LogP contribution in [0.3, 0.4) is 0 Å². The number of guanidine groups is 1. The van der Waals surface area contributed by atoms with Gasteiger partial charge >= 0.3 is 5.97 Å². The summed E-state index contributed by atoms with van der Waals surface area (Å²) in [7, 11) is 0. The van der Waals surface area contributed by atoms with E-state index in [1.807, 2.05) is 30.3 Å². The fourth-order valence-corrected chi connectivity index (χ4v) is 4.07. The number of aliphatic imine (C=N–C) groups is 1. The van der Waals surface area contributed by atoms with Gasteiger partial charge in [-0.15, -0.1) is 0 Å². The Morgan fingerprint density at radius 1 is 0.805 bits per heavy atom. The molecule has 11 N–H and O–H groups in total. The third-order valence-corrected chi connectivity index (χ3v) is 6.38. The lowest BCUT2D eigenvalue weighted by atomic mass is 10.0. The third-order valence-electron chi connectivity index (χ3n) is 6.02. The van der Waals surface area contributed by atoms with E-state index in [1.54, 1.807) is 12.1 Å². The van der Waals surface area contributed by atoms with Gasteiger partial charge in [0.05, 0.1) is 6.04 Å². The highest BCUT2D eigenvalue weighted by atomic mass is 32.1. The van der Waals surface area contributed by atoms with Crippen LogP contribution in [-0.2, 0) is 32.0 Å². The van der Waals surface area contributed by atoms with Crippen molar-refractivity contribution in [2.45, 2.75) is 49.9 Å². The summed E-state index contributed by atoms with van der Waals surface area (Å²) in [5, 5.41) is 26.7. The van der Waals surface area contributed by atoms with E-state index in [9.17, 15) is 29.4 Å². The number of nitrogens with one attached hydrogen (secondary N) is 3. The number of nitrogens with zero attached hydrogens (tertiary/aromatic N) is 1. The number of aliphatic carboxylic acids is 1. The van der Waals surface area contributed by atoms with E-state index in [1.165, 1.54) is 12.1 Å². The zero-order chi connectivity index (χ0) is 30.4. The Morgan fingerprint density at radius 2 is 1.37 bits per heavy atom. The Morgan fingerprint density at radius 3 is 1.95 bits per heavy atom. The van der Waals surface area contributed by atoms with E-state index in [0.717, 1.165) is 5.56 Å². The van der Waals surface area contributed by atoms with E-state index in [2.05, 4.69) is 33.6 Å². The summed E-state index contributed by atoms with van der Waals surface area (Å²) in [5.74, 6) is -3.56. The van der Waals surface area contributed by atoms with Crippen LogP contribution < -0.4 is 33.2 Å². The van der Waals surface area contributed by atoms with Crippen LogP contribution in [0.25, 0.3) is 0 Å². The Hall–Kier alpha value is -4.30. The summed E-state index contributed by atoms with van der Waals surface area (Å²) in [5.41, 5.74) is 18.1. The highest BCUT2D eigenvalue weighted by Gasteiger charge is 2.30. The summed E-state index contributed by atoms with van der Waals surface area (Å²) in [6.07, 6.45) is 0.599. The van der Waals surface area contributed by atoms with Crippen molar-refractivity contribution in [3.63, 3.8) is 0 Å². The van der Waals surface area contributed by atoms with Gasteiger partial charge in [0.25, 0.3) is 0 Å². The number of hydrogen-bond donors (Lipinski definition) is 9. The van der Waals surface area contributed by atoms with Gasteiger partial charge in [-0.1, -0.05) is 42.5 Å². The van der Waals surface area contributed by atoms with E-state index in [4.69, 9.17) is 17.2 Å². The number of phenols is 1. The number of carboxylic acid groups (broad SMARTS) is 1. The number of benzene rings is 2. The zero-order valence-corrected chi connectivity index (χ0v) is 23.3. The first-order chi connectivity index (χ1) is 19.5. The van der Waals surface area contributed by atoms with Gasteiger partial charge in [-0.05, 0) is 42.5 Å². The topological polar surface area (TPSA) is 235 Å². The van der Waals surface area contributed by atoms with Crippen LogP contribution >= 0.6 is 12.6 Å². The summed E-state index contributed by atoms with van der Waals surface area (Å²) >= 11 is 4.15. The molecule has 0 aromatic heterocycles. The van der Waals surface area contributed by atoms with E-state index in [0.29, 0.717) is 5.56 Å². The molecule has 0 aliphatic heterocycles. The van der Waals surface area contributed by atoms with Crippen LogP contribution in [-0.4, -0.2) is 76.3 Å². The molecule has 3 amide bonds. The molecule has 2 aromatic carbocycles. The lowest BCUT2D eigenvalue weighted by Gasteiger charge is -2.24. The van der Waals surface area contributed by atoms with Gasteiger partial charge in [-0.2, -0.15) is 12.6 Å². The fraction of sp³-hybridized carbons (Fsp3) is 0.370. The minimum atomic E-state index is -1.27. The molecule has 0 saturated carbocycles. The van der Waals surface area contributed by atoms with Crippen molar-refractivity contribution in [3.05, 3.63) is 65.7 Å². The van der Waals surface area contributed by atoms with Crippen molar-refractivity contribution >= 4 is 42.3 Å². The van der Waals surface area contributed by atoms with Crippen molar-refractivity contribution in [3.8, 4) is 5.75 Å². The predicted molar refractivity (Wildman–Crippen MR) is 157 cm³/mol. The highest BCUT2D eigenvalue weighted by Crippen LogP contribution is 2.12. The number of thiol groups is 1. The molecule has 2 rings (SSSR count). The maximum absolute atomic E-state index is 13.3. The van der Waals surface area contributed by atoms with Gasteiger partial charge < -0.3 is 43.4 Å². The van der Waals surface area contributed by atoms with Gasteiger partial charge in [-0.25, -0.2) is 4.79 Å².